The van der Waals surface area contributed by atoms with Crippen molar-refractivity contribution >= 4 is 38.3 Å². The van der Waals surface area contributed by atoms with E-state index in [1.54, 1.807) is 0 Å². The first-order chi connectivity index (χ1) is 15.9. The quantitative estimate of drug-likeness (QED) is 0.284. The van der Waals surface area contributed by atoms with E-state index in [-0.39, 0.29) is 23.2 Å². The molecule has 0 aliphatic carbocycles. The number of rotatable bonds is 12. The Hall–Kier alpha value is -2.54. The van der Waals surface area contributed by atoms with Crippen LogP contribution in [0.4, 0.5) is 5.13 Å². The van der Waals surface area contributed by atoms with Crippen molar-refractivity contribution in [2.24, 2.45) is 11.8 Å². The molecule has 188 valence electrons. The molecule has 0 saturated heterocycles. The minimum absolute atomic E-state index is 0.0308. The fourth-order valence-electron chi connectivity index (χ4n) is 3.11. The number of anilines is 1. The predicted octanol–water partition coefficient (Wildman–Crippen LogP) is 0.986. The van der Waals surface area contributed by atoms with E-state index < -0.39 is 46.0 Å². The number of amides is 2. The second kappa shape index (κ2) is 12.2. The normalized spacial score (nSPS) is 15.3. The van der Waals surface area contributed by atoms with Crippen molar-refractivity contribution in [3.8, 4) is 0 Å². The first kappa shape index (κ1) is 27.7. The smallest absolute Gasteiger partial charge is 0.271 e. The molecule has 12 heteroatoms. The van der Waals surface area contributed by atoms with E-state index in [1.165, 1.54) is 12.3 Å². The molecule has 0 spiro atoms. The van der Waals surface area contributed by atoms with Crippen LogP contribution in [0.1, 0.15) is 36.8 Å². The van der Waals surface area contributed by atoms with Gasteiger partial charge >= 0.3 is 0 Å². The third-order valence-corrected chi connectivity index (χ3v) is 6.45. The molecule has 0 fully saturated rings. The Morgan fingerprint density at radius 3 is 2.32 bits per heavy atom. The molecule has 0 saturated carbocycles. The fourth-order valence-corrected chi connectivity index (χ4v) is 4.65. The van der Waals surface area contributed by atoms with Gasteiger partial charge in [-0.1, -0.05) is 51.1 Å². The lowest BCUT2D eigenvalue weighted by Gasteiger charge is -2.30. The topological polar surface area (TPSA) is 158 Å². The summed E-state index contributed by atoms with van der Waals surface area (Å²) in [7, 11) is -3.55. The van der Waals surface area contributed by atoms with Crippen molar-refractivity contribution in [1.82, 2.24) is 15.6 Å². The van der Waals surface area contributed by atoms with Crippen molar-refractivity contribution < 1.29 is 28.2 Å². The van der Waals surface area contributed by atoms with E-state index in [1.807, 2.05) is 44.2 Å². The zero-order valence-corrected chi connectivity index (χ0v) is 21.2. The van der Waals surface area contributed by atoms with Gasteiger partial charge in [0.2, 0.25) is 15.9 Å². The summed E-state index contributed by atoms with van der Waals surface area (Å²) in [5.74, 6) is -1.75. The highest BCUT2D eigenvalue weighted by Gasteiger charge is 2.35. The lowest BCUT2D eigenvalue weighted by Crippen LogP contribution is -2.53. The zero-order valence-electron chi connectivity index (χ0n) is 19.6. The number of thiazole rings is 1. The lowest BCUT2D eigenvalue weighted by atomic mass is 9.90. The van der Waals surface area contributed by atoms with Crippen molar-refractivity contribution in [3.63, 3.8) is 0 Å². The van der Waals surface area contributed by atoms with Crippen LogP contribution in [-0.4, -0.2) is 66.5 Å². The average molecular weight is 513 g/mol. The molecule has 4 atom stereocenters. The van der Waals surface area contributed by atoms with Crippen molar-refractivity contribution in [1.29, 1.82) is 0 Å². The third kappa shape index (κ3) is 8.67. The van der Waals surface area contributed by atoms with E-state index in [0.717, 1.165) is 23.2 Å². The molecule has 0 aliphatic heterocycles. The molecule has 1 aromatic carbocycles. The van der Waals surface area contributed by atoms with Crippen LogP contribution >= 0.6 is 11.3 Å². The maximum absolute atomic E-state index is 12.8. The minimum atomic E-state index is -3.55. The highest BCUT2D eigenvalue weighted by atomic mass is 32.2. The molecule has 10 nitrogen and oxygen atoms in total. The Morgan fingerprint density at radius 1 is 1.09 bits per heavy atom. The Labute approximate surface area is 203 Å². The van der Waals surface area contributed by atoms with Gasteiger partial charge in [-0.15, -0.1) is 11.3 Å². The Bertz CT molecular complexity index is 1060. The van der Waals surface area contributed by atoms with Gasteiger partial charge in [0.25, 0.3) is 5.91 Å². The molecule has 0 radical (unpaired) electrons. The van der Waals surface area contributed by atoms with Crippen LogP contribution in [0.15, 0.2) is 35.7 Å². The summed E-state index contributed by atoms with van der Waals surface area (Å²) in [5.41, 5.74) is 0.757. The molecule has 0 aliphatic rings. The van der Waals surface area contributed by atoms with E-state index in [0.29, 0.717) is 6.54 Å². The van der Waals surface area contributed by atoms with Crippen molar-refractivity contribution in [3.05, 3.63) is 47.0 Å². The molecule has 2 amide bonds. The number of hydrogen-bond acceptors (Lipinski definition) is 8. The number of carbonyl (C=O) groups excluding carboxylic acids is 2. The van der Waals surface area contributed by atoms with Crippen molar-refractivity contribution in [2.75, 3.05) is 17.5 Å². The molecule has 0 bridgehead atoms. The molecule has 2 rings (SSSR count). The number of nitrogens with zero attached hydrogens (tertiary/aromatic N) is 1. The average Bonchev–Trinajstić information content (AvgIpc) is 3.23. The van der Waals surface area contributed by atoms with Gasteiger partial charge in [-0.3, -0.25) is 14.3 Å². The summed E-state index contributed by atoms with van der Waals surface area (Å²) in [6.45, 7) is 5.83. The summed E-state index contributed by atoms with van der Waals surface area (Å²) in [6.07, 6.45) is -1.75. The molecule has 0 unspecified atom stereocenters. The SMILES string of the molecule is CC(C)CNC(=O)[C@H](C)[C@@H](O)[C@H](O)[C@H](Cc1ccccc1)NC(=O)c1csc(NS(C)(=O)=O)n1. The standard InChI is InChI=1S/C22H32N4O6S2/c1-13(2)11-23-20(29)14(3)18(27)19(28)16(10-15-8-6-5-7-9-15)24-21(30)17-12-33-22(25-17)26-34(4,31)32/h5-9,12-14,16,18-19,27-28H,10-11H2,1-4H3,(H,23,29)(H,24,30)(H,25,26)/t14-,16+,18-,19-/m1/s1. The highest BCUT2D eigenvalue weighted by molar-refractivity contribution is 7.92. The Morgan fingerprint density at radius 2 is 1.74 bits per heavy atom. The summed E-state index contributed by atoms with van der Waals surface area (Å²) < 4.78 is 25.0. The van der Waals surface area contributed by atoms with Gasteiger partial charge in [-0.25, -0.2) is 13.4 Å². The maximum atomic E-state index is 12.8. The molecule has 34 heavy (non-hydrogen) atoms. The van der Waals surface area contributed by atoms with Gasteiger partial charge < -0.3 is 20.8 Å². The molecular weight excluding hydrogens is 480 g/mol. The largest absolute Gasteiger partial charge is 0.390 e. The maximum Gasteiger partial charge on any atom is 0.271 e. The summed E-state index contributed by atoms with van der Waals surface area (Å²) in [5, 5.41) is 28.5. The first-order valence-corrected chi connectivity index (χ1v) is 13.6. The first-order valence-electron chi connectivity index (χ1n) is 10.8. The van der Waals surface area contributed by atoms with Gasteiger partial charge in [0.1, 0.15) is 11.8 Å². The van der Waals surface area contributed by atoms with E-state index >= 15 is 0 Å². The van der Waals surface area contributed by atoms with E-state index in [9.17, 15) is 28.2 Å². The van der Waals surface area contributed by atoms with Crippen LogP contribution in [0.25, 0.3) is 0 Å². The van der Waals surface area contributed by atoms with Gasteiger partial charge in [-0.05, 0) is 17.9 Å². The lowest BCUT2D eigenvalue weighted by molar-refractivity contribution is -0.131. The molecule has 5 N–H and O–H groups in total. The monoisotopic (exact) mass is 512 g/mol. The number of hydrogen-bond donors (Lipinski definition) is 5. The third-order valence-electron chi connectivity index (χ3n) is 5.00. The molecule has 1 heterocycles. The van der Waals surface area contributed by atoms with Gasteiger partial charge in [0.05, 0.1) is 24.3 Å². The van der Waals surface area contributed by atoms with E-state index in [4.69, 9.17) is 0 Å². The number of carbonyl (C=O) groups is 2. The zero-order chi connectivity index (χ0) is 25.5. The minimum Gasteiger partial charge on any atom is -0.390 e. The predicted molar refractivity (Wildman–Crippen MR) is 131 cm³/mol. The number of sulfonamides is 1. The second-order valence-electron chi connectivity index (χ2n) is 8.59. The van der Waals surface area contributed by atoms with Gasteiger partial charge in [-0.2, -0.15) is 0 Å². The molecule has 1 aromatic heterocycles. The number of aromatic nitrogens is 1. The molecule has 2 aromatic rings. The van der Waals surface area contributed by atoms with Gasteiger partial charge in [0, 0.05) is 11.9 Å². The van der Waals surface area contributed by atoms with E-state index in [2.05, 4.69) is 20.3 Å². The Kier molecular flexibility index (Phi) is 9.98. The fraction of sp³-hybridized carbons (Fsp3) is 0.500. The summed E-state index contributed by atoms with van der Waals surface area (Å²) in [4.78, 5) is 29.2. The molecular formula is C22H32N4O6S2. The summed E-state index contributed by atoms with van der Waals surface area (Å²) >= 11 is 0.940. The summed E-state index contributed by atoms with van der Waals surface area (Å²) in [6, 6.07) is 8.13. The number of aliphatic hydroxyl groups excluding tert-OH is 2. The van der Waals surface area contributed by atoms with Crippen LogP contribution in [0.2, 0.25) is 0 Å². The van der Waals surface area contributed by atoms with Crippen LogP contribution in [0.3, 0.4) is 0 Å². The van der Waals surface area contributed by atoms with Gasteiger partial charge in [0.15, 0.2) is 5.13 Å². The Balaban J connectivity index is 2.18. The van der Waals surface area contributed by atoms with Crippen LogP contribution in [-0.2, 0) is 21.2 Å². The highest BCUT2D eigenvalue weighted by Crippen LogP contribution is 2.19. The second-order valence-corrected chi connectivity index (χ2v) is 11.2. The number of benzene rings is 1. The van der Waals surface area contributed by atoms with Crippen LogP contribution < -0.4 is 15.4 Å². The number of aliphatic hydroxyl groups is 2. The van der Waals surface area contributed by atoms with Crippen molar-refractivity contribution in [2.45, 2.75) is 45.4 Å². The number of nitrogens with one attached hydrogen (secondary N) is 3. The van der Waals surface area contributed by atoms with Crippen LogP contribution in [0, 0.1) is 11.8 Å². The van der Waals surface area contributed by atoms with Crippen LogP contribution in [0.5, 0.6) is 0 Å².